The van der Waals surface area contributed by atoms with Gasteiger partial charge in [0.1, 0.15) is 5.97 Å². The molecule has 0 unspecified atom stereocenters. The van der Waals surface area contributed by atoms with Gasteiger partial charge < -0.3 is 9.90 Å². The molecule has 0 aromatic carbocycles. The number of pyridine rings is 1. The molecular weight excluding hydrogens is 287 g/mol. The van der Waals surface area contributed by atoms with Crippen LogP contribution in [0.15, 0.2) is 22.9 Å². The van der Waals surface area contributed by atoms with E-state index in [1.54, 1.807) is 12.3 Å². The van der Waals surface area contributed by atoms with E-state index < -0.39 is 5.97 Å². The number of rotatable bonds is 2. The molecule has 0 saturated heterocycles. The molecule has 0 bridgehead atoms. The number of hydrogen-bond acceptors (Lipinski definition) is 5. The molecule has 0 radical (unpaired) electrons. The molecule has 0 aliphatic rings. The van der Waals surface area contributed by atoms with E-state index in [2.05, 4.69) is 36.1 Å². The summed E-state index contributed by atoms with van der Waals surface area (Å²) < 4.78 is 0.764. The van der Waals surface area contributed by atoms with E-state index in [-0.39, 0.29) is 41.2 Å². The van der Waals surface area contributed by atoms with Crippen LogP contribution < -0.4 is 34.7 Å². The third-order valence-electron chi connectivity index (χ3n) is 1.64. The molecule has 6 nitrogen and oxygen atoms in total. The van der Waals surface area contributed by atoms with Crippen LogP contribution in [-0.2, 0) is 0 Å². The molecule has 0 aliphatic heterocycles. The Morgan fingerprint density at radius 3 is 2.75 bits per heavy atom. The zero-order chi connectivity index (χ0) is 10.8. The van der Waals surface area contributed by atoms with Gasteiger partial charge >= 0.3 is 29.6 Å². The summed E-state index contributed by atoms with van der Waals surface area (Å²) in [5.41, 5.74) is 0.619. The minimum Gasteiger partial charge on any atom is -0.542 e. The van der Waals surface area contributed by atoms with Crippen molar-refractivity contribution < 1.29 is 39.5 Å². The summed E-state index contributed by atoms with van der Waals surface area (Å²) in [4.78, 5) is 18.1. The second kappa shape index (κ2) is 5.53. The topological polar surface area (TPSA) is 94.6 Å². The first-order valence-corrected chi connectivity index (χ1v) is 4.71. The number of carbonyl (C=O) groups excluding carboxylic acids is 1. The van der Waals surface area contributed by atoms with Crippen LogP contribution in [0.3, 0.4) is 0 Å². The first kappa shape index (κ1) is 13.3. The van der Waals surface area contributed by atoms with Crippen LogP contribution >= 0.6 is 15.9 Å². The minimum atomic E-state index is -1.39. The number of hydrogen-bond donors (Lipinski definition) is 1. The van der Waals surface area contributed by atoms with E-state index >= 15 is 0 Å². The van der Waals surface area contributed by atoms with Gasteiger partial charge in [0, 0.05) is 22.4 Å². The molecule has 2 aromatic rings. The molecular formula is C8H4BrN4NaO2. The Labute approximate surface area is 121 Å². The predicted octanol–water partition coefficient (Wildman–Crippen LogP) is -3.00. The number of aromatic nitrogens is 4. The number of nitrogens with one attached hydrogen (secondary N) is 1. The van der Waals surface area contributed by atoms with Gasteiger partial charge in [0.2, 0.25) is 0 Å². The van der Waals surface area contributed by atoms with Crippen LogP contribution in [0.4, 0.5) is 0 Å². The van der Waals surface area contributed by atoms with E-state index in [1.807, 2.05) is 0 Å². The second-order valence-electron chi connectivity index (χ2n) is 2.69. The molecule has 0 saturated carbocycles. The summed E-state index contributed by atoms with van der Waals surface area (Å²) in [5.74, 6) is -1.43. The molecule has 2 heterocycles. The second-order valence-corrected chi connectivity index (χ2v) is 3.60. The van der Waals surface area contributed by atoms with Gasteiger partial charge in [-0.05, 0) is 22.0 Å². The molecule has 2 rings (SSSR count). The number of nitrogens with zero attached hydrogens (tertiary/aromatic N) is 3. The number of aromatic amines is 1. The van der Waals surface area contributed by atoms with Crippen LogP contribution in [0.2, 0.25) is 0 Å². The minimum absolute atomic E-state index is 0. The number of H-pyrrole nitrogens is 1. The Morgan fingerprint density at radius 2 is 2.19 bits per heavy atom. The van der Waals surface area contributed by atoms with Gasteiger partial charge in [-0.3, -0.25) is 10.1 Å². The molecule has 0 fully saturated rings. The van der Waals surface area contributed by atoms with E-state index in [0.29, 0.717) is 5.56 Å². The van der Waals surface area contributed by atoms with Gasteiger partial charge in [0.05, 0.1) is 0 Å². The van der Waals surface area contributed by atoms with Crippen molar-refractivity contribution in [2.75, 3.05) is 0 Å². The molecule has 0 aliphatic carbocycles. The summed E-state index contributed by atoms with van der Waals surface area (Å²) in [6.07, 6.45) is 3.14. The third kappa shape index (κ3) is 2.88. The Kier molecular flexibility index (Phi) is 4.60. The maximum Gasteiger partial charge on any atom is 1.00 e. The zero-order valence-electron chi connectivity index (χ0n) is 8.27. The summed E-state index contributed by atoms with van der Waals surface area (Å²) in [6.45, 7) is 0. The SMILES string of the molecule is O=C([O-])c1nc(-c2cncc(Br)c2)n[nH]1.[Na+]. The molecule has 1 N–H and O–H groups in total. The molecule has 0 amide bonds. The normalized spacial score (nSPS) is 9.56. The van der Waals surface area contributed by atoms with E-state index in [0.717, 1.165) is 4.47 Å². The van der Waals surface area contributed by atoms with Crippen molar-refractivity contribution in [1.82, 2.24) is 20.2 Å². The van der Waals surface area contributed by atoms with Gasteiger partial charge in [0.25, 0.3) is 0 Å². The van der Waals surface area contributed by atoms with Crippen molar-refractivity contribution in [3.63, 3.8) is 0 Å². The molecule has 8 heteroatoms. The number of halogens is 1. The van der Waals surface area contributed by atoms with Crippen molar-refractivity contribution in [1.29, 1.82) is 0 Å². The average Bonchev–Trinajstić information content (AvgIpc) is 2.66. The summed E-state index contributed by atoms with van der Waals surface area (Å²) in [5, 5.41) is 16.4. The molecule has 0 atom stereocenters. The van der Waals surface area contributed by atoms with Crippen LogP contribution in [0.5, 0.6) is 0 Å². The smallest absolute Gasteiger partial charge is 0.542 e. The van der Waals surface area contributed by atoms with Crippen molar-refractivity contribution in [2.24, 2.45) is 0 Å². The van der Waals surface area contributed by atoms with Crippen molar-refractivity contribution in [3.05, 3.63) is 28.8 Å². The Hall–Kier alpha value is -0.760. The Morgan fingerprint density at radius 1 is 1.44 bits per heavy atom. The zero-order valence-corrected chi connectivity index (χ0v) is 11.9. The number of aromatic carboxylic acids is 1. The summed E-state index contributed by atoms with van der Waals surface area (Å²) in [6, 6.07) is 1.73. The van der Waals surface area contributed by atoms with Gasteiger partial charge in [-0.1, -0.05) is 0 Å². The Balaban J connectivity index is 0.00000128. The summed E-state index contributed by atoms with van der Waals surface area (Å²) >= 11 is 3.24. The standard InChI is InChI=1S/C8H5BrN4O2.Na/c9-5-1-4(2-10-3-5)6-11-7(8(14)15)13-12-6;/h1-3H,(H,14,15)(H,11,12,13);/q;+1/p-1. The molecule has 0 spiro atoms. The fraction of sp³-hybridized carbons (Fsp3) is 0. The number of carbonyl (C=O) groups is 1. The summed E-state index contributed by atoms with van der Waals surface area (Å²) in [7, 11) is 0. The van der Waals surface area contributed by atoms with E-state index in [9.17, 15) is 9.90 Å². The first-order chi connectivity index (χ1) is 7.16. The Bertz CT molecular complexity index is 516. The maximum absolute atomic E-state index is 10.4. The third-order valence-corrected chi connectivity index (χ3v) is 2.08. The van der Waals surface area contributed by atoms with Gasteiger partial charge in [-0.25, -0.2) is 4.98 Å². The van der Waals surface area contributed by atoms with Crippen molar-refractivity contribution >= 4 is 21.9 Å². The first-order valence-electron chi connectivity index (χ1n) is 3.91. The molecule has 16 heavy (non-hydrogen) atoms. The quantitative estimate of drug-likeness (QED) is 0.595. The van der Waals surface area contributed by atoms with E-state index in [4.69, 9.17) is 0 Å². The van der Waals surface area contributed by atoms with Gasteiger partial charge in [-0.15, -0.1) is 0 Å². The van der Waals surface area contributed by atoms with Gasteiger partial charge in [-0.2, -0.15) is 5.10 Å². The molecule has 2 aromatic heterocycles. The average molecular weight is 291 g/mol. The van der Waals surface area contributed by atoms with Crippen molar-refractivity contribution in [3.8, 4) is 11.4 Å². The predicted molar refractivity (Wildman–Crippen MR) is 51.6 cm³/mol. The van der Waals surface area contributed by atoms with Crippen LogP contribution in [0.1, 0.15) is 10.6 Å². The number of carboxylic acids is 1. The fourth-order valence-electron chi connectivity index (χ4n) is 1.02. The monoisotopic (exact) mass is 290 g/mol. The van der Waals surface area contributed by atoms with E-state index in [1.165, 1.54) is 6.20 Å². The molecule has 76 valence electrons. The van der Waals surface area contributed by atoms with Crippen LogP contribution in [0.25, 0.3) is 11.4 Å². The van der Waals surface area contributed by atoms with Crippen LogP contribution in [-0.4, -0.2) is 26.1 Å². The van der Waals surface area contributed by atoms with Crippen molar-refractivity contribution in [2.45, 2.75) is 0 Å². The number of carboxylic acid groups (broad SMARTS) is 1. The fourth-order valence-corrected chi connectivity index (χ4v) is 1.38. The van der Waals surface area contributed by atoms with Crippen LogP contribution in [0, 0.1) is 0 Å². The largest absolute Gasteiger partial charge is 1.00 e. The van der Waals surface area contributed by atoms with Gasteiger partial charge in [0.15, 0.2) is 11.6 Å². The maximum atomic E-state index is 10.4.